The number of hydrogen-bond donors (Lipinski definition) is 1. The molecule has 0 amide bonds. The lowest BCUT2D eigenvalue weighted by Crippen LogP contribution is -2.44. The first-order chi connectivity index (χ1) is 8.55. The fourth-order valence-corrected chi connectivity index (χ4v) is 1.67. The third kappa shape index (κ3) is 3.17. The van der Waals surface area contributed by atoms with Crippen molar-refractivity contribution in [2.75, 3.05) is 12.4 Å². The molecule has 6 heteroatoms. The van der Waals surface area contributed by atoms with Crippen LogP contribution in [0.3, 0.4) is 0 Å². The van der Waals surface area contributed by atoms with E-state index in [1.165, 1.54) is 19.5 Å². The van der Waals surface area contributed by atoms with E-state index in [4.69, 9.17) is 10.00 Å². The van der Waals surface area contributed by atoms with Crippen LogP contribution in [0.25, 0.3) is 0 Å². The number of hydrogen-bond acceptors (Lipinski definition) is 6. The summed E-state index contributed by atoms with van der Waals surface area (Å²) in [5, 5.41) is 11.6. The molecule has 6 nitrogen and oxygen atoms in total. The van der Waals surface area contributed by atoms with Crippen molar-refractivity contribution in [3.05, 3.63) is 18.1 Å². The van der Waals surface area contributed by atoms with Gasteiger partial charge >= 0.3 is 5.97 Å². The first-order valence-corrected chi connectivity index (χ1v) is 5.64. The van der Waals surface area contributed by atoms with E-state index in [1.54, 1.807) is 6.92 Å². The van der Waals surface area contributed by atoms with Crippen molar-refractivity contribution < 1.29 is 9.53 Å². The summed E-state index contributed by atoms with van der Waals surface area (Å²) in [5.74, 6) is 0.0888. The average molecular weight is 248 g/mol. The normalized spacial score (nSPS) is 13.2. The predicted octanol–water partition coefficient (Wildman–Crippen LogP) is 1.49. The lowest BCUT2D eigenvalue weighted by atomic mass is 9.96. The standard InChI is InChI=1S/C12H16N4O2/c1-4-5-12(2,11(17)18-3)16-10-8-14-9(6-13)7-15-10/h7-8H,4-5H2,1-3H3,(H,15,16). The fraction of sp³-hybridized carbons (Fsp3) is 0.500. The summed E-state index contributed by atoms with van der Waals surface area (Å²) in [6.45, 7) is 3.73. The maximum atomic E-state index is 11.8. The Morgan fingerprint density at radius 1 is 1.56 bits per heavy atom. The van der Waals surface area contributed by atoms with Gasteiger partial charge in [-0.3, -0.25) is 0 Å². The molecule has 96 valence electrons. The summed E-state index contributed by atoms with van der Waals surface area (Å²) < 4.78 is 4.78. The Bertz CT molecular complexity index is 452. The van der Waals surface area contributed by atoms with Gasteiger partial charge in [0.1, 0.15) is 17.4 Å². The number of esters is 1. The Morgan fingerprint density at radius 2 is 2.28 bits per heavy atom. The first-order valence-electron chi connectivity index (χ1n) is 5.64. The van der Waals surface area contributed by atoms with Gasteiger partial charge in [0.25, 0.3) is 0 Å². The number of methoxy groups -OCH3 is 1. The Labute approximate surface area is 106 Å². The minimum atomic E-state index is -0.841. The van der Waals surface area contributed by atoms with Gasteiger partial charge in [-0.2, -0.15) is 5.26 Å². The molecule has 0 bridgehead atoms. The highest BCUT2D eigenvalue weighted by Crippen LogP contribution is 2.19. The summed E-state index contributed by atoms with van der Waals surface area (Å²) in [7, 11) is 1.35. The van der Waals surface area contributed by atoms with Crippen LogP contribution in [-0.2, 0) is 9.53 Å². The summed E-state index contributed by atoms with van der Waals surface area (Å²) in [5.41, 5.74) is -0.609. The molecule has 0 aromatic carbocycles. The largest absolute Gasteiger partial charge is 0.467 e. The first kappa shape index (κ1) is 13.9. The number of nitrogens with one attached hydrogen (secondary N) is 1. The van der Waals surface area contributed by atoms with E-state index in [2.05, 4.69) is 15.3 Å². The highest BCUT2D eigenvalue weighted by atomic mass is 16.5. The Morgan fingerprint density at radius 3 is 2.72 bits per heavy atom. The van der Waals surface area contributed by atoms with Gasteiger partial charge in [0.05, 0.1) is 19.5 Å². The molecule has 1 N–H and O–H groups in total. The van der Waals surface area contributed by atoms with Crippen LogP contribution in [0.5, 0.6) is 0 Å². The average Bonchev–Trinajstić information content (AvgIpc) is 2.39. The number of ether oxygens (including phenoxy) is 1. The van der Waals surface area contributed by atoms with Crippen LogP contribution in [0.4, 0.5) is 5.82 Å². The zero-order valence-electron chi connectivity index (χ0n) is 10.7. The van der Waals surface area contributed by atoms with Gasteiger partial charge in [0, 0.05) is 0 Å². The summed E-state index contributed by atoms with van der Waals surface area (Å²) in [6, 6.07) is 1.88. The zero-order valence-corrected chi connectivity index (χ0v) is 10.7. The van der Waals surface area contributed by atoms with Gasteiger partial charge in [0.2, 0.25) is 0 Å². The smallest absolute Gasteiger partial charge is 0.331 e. The molecule has 0 aliphatic heterocycles. The van der Waals surface area contributed by atoms with Crippen molar-refractivity contribution in [1.29, 1.82) is 5.26 Å². The molecule has 1 unspecified atom stereocenters. The molecule has 1 atom stereocenters. The summed E-state index contributed by atoms with van der Waals surface area (Å²) in [6.07, 6.45) is 4.21. The highest BCUT2D eigenvalue weighted by Gasteiger charge is 2.33. The van der Waals surface area contributed by atoms with Crippen LogP contribution in [0.2, 0.25) is 0 Å². The molecule has 0 saturated carbocycles. The van der Waals surface area contributed by atoms with Crippen molar-refractivity contribution >= 4 is 11.8 Å². The second-order valence-electron chi connectivity index (χ2n) is 4.10. The Kier molecular flexibility index (Phi) is 4.60. The fourth-order valence-electron chi connectivity index (χ4n) is 1.67. The lowest BCUT2D eigenvalue weighted by molar-refractivity contribution is -0.145. The minimum absolute atomic E-state index is 0.232. The van der Waals surface area contributed by atoms with Crippen molar-refractivity contribution in [2.24, 2.45) is 0 Å². The minimum Gasteiger partial charge on any atom is -0.467 e. The number of nitrogens with zero attached hydrogens (tertiary/aromatic N) is 3. The van der Waals surface area contributed by atoms with E-state index in [0.29, 0.717) is 12.2 Å². The number of aromatic nitrogens is 2. The van der Waals surface area contributed by atoms with Crippen LogP contribution in [0.15, 0.2) is 12.4 Å². The second-order valence-corrected chi connectivity index (χ2v) is 4.10. The van der Waals surface area contributed by atoms with Gasteiger partial charge in [-0.05, 0) is 13.3 Å². The zero-order chi connectivity index (χ0) is 13.6. The molecule has 0 aliphatic rings. The van der Waals surface area contributed by atoms with Gasteiger partial charge in [-0.15, -0.1) is 0 Å². The number of nitriles is 1. The monoisotopic (exact) mass is 248 g/mol. The quantitative estimate of drug-likeness (QED) is 0.794. The number of rotatable bonds is 5. The molecule has 18 heavy (non-hydrogen) atoms. The highest BCUT2D eigenvalue weighted by molar-refractivity contribution is 5.83. The van der Waals surface area contributed by atoms with E-state index in [-0.39, 0.29) is 11.7 Å². The van der Waals surface area contributed by atoms with Crippen LogP contribution in [0.1, 0.15) is 32.4 Å². The molecule has 0 saturated heterocycles. The third-order valence-electron chi connectivity index (χ3n) is 2.56. The maximum Gasteiger partial charge on any atom is 0.331 e. The van der Waals surface area contributed by atoms with Crippen LogP contribution in [0, 0.1) is 11.3 Å². The summed E-state index contributed by atoms with van der Waals surface area (Å²) in [4.78, 5) is 19.7. The molecule has 0 fully saturated rings. The molecular weight excluding hydrogens is 232 g/mol. The van der Waals surface area contributed by atoms with Gasteiger partial charge < -0.3 is 10.1 Å². The van der Waals surface area contributed by atoms with E-state index < -0.39 is 5.54 Å². The number of carbonyl (C=O) groups excluding carboxylic acids is 1. The molecule has 1 aromatic heterocycles. The van der Waals surface area contributed by atoms with Gasteiger partial charge in [-0.25, -0.2) is 14.8 Å². The van der Waals surface area contributed by atoms with E-state index in [1.807, 2.05) is 13.0 Å². The molecule has 0 aliphatic carbocycles. The number of carbonyl (C=O) groups is 1. The molecule has 1 rings (SSSR count). The second kappa shape index (κ2) is 5.96. The van der Waals surface area contributed by atoms with Gasteiger partial charge in [0.15, 0.2) is 5.69 Å². The van der Waals surface area contributed by atoms with E-state index in [9.17, 15) is 4.79 Å². The van der Waals surface area contributed by atoms with E-state index in [0.717, 1.165) is 6.42 Å². The van der Waals surface area contributed by atoms with Crippen molar-refractivity contribution in [3.8, 4) is 6.07 Å². The van der Waals surface area contributed by atoms with Crippen molar-refractivity contribution in [2.45, 2.75) is 32.2 Å². The predicted molar refractivity (Wildman–Crippen MR) is 65.7 cm³/mol. The molecular formula is C12H16N4O2. The summed E-state index contributed by atoms with van der Waals surface area (Å²) >= 11 is 0. The topological polar surface area (TPSA) is 87.9 Å². The SMILES string of the molecule is CCCC(C)(Nc1cnc(C#N)cn1)C(=O)OC. The number of anilines is 1. The Hall–Kier alpha value is -2.16. The Balaban J connectivity index is 2.89. The maximum absolute atomic E-state index is 11.8. The third-order valence-corrected chi connectivity index (χ3v) is 2.56. The van der Waals surface area contributed by atoms with Gasteiger partial charge in [-0.1, -0.05) is 13.3 Å². The van der Waals surface area contributed by atoms with Crippen LogP contribution >= 0.6 is 0 Å². The van der Waals surface area contributed by atoms with Crippen molar-refractivity contribution in [3.63, 3.8) is 0 Å². The molecule has 1 heterocycles. The lowest BCUT2D eigenvalue weighted by Gasteiger charge is -2.27. The van der Waals surface area contributed by atoms with Crippen LogP contribution < -0.4 is 5.32 Å². The van der Waals surface area contributed by atoms with E-state index >= 15 is 0 Å². The van der Waals surface area contributed by atoms with Crippen molar-refractivity contribution in [1.82, 2.24) is 9.97 Å². The molecule has 0 radical (unpaired) electrons. The molecule has 1 aromatic rings. The van der Waals surface area contributed by atoms with Crippen LogP contribution in [-0.4, -0.2) is 28.6 Å². The molecule has 0 spiro atoms.